The van der Waals surface area contributed by atoms with Crippen LogP contribution < -0.4 is 0 Å². The third kappa shape index (κ3) is 3.98. The van der Waals surface area contributed by atoms with Gasteiger partial charge < -0.3 is 9.42 Å². The van der Waals surface area contributed by atoms with Crippen molar-refractivity contribution in [1.29, 1.82) is 0 Å². The zero-order valence-electron chi connectivity index (χ0n) is 17.6. The zero-order chi connectivity index (χ0) is 23.5. The standard InChI is InChI=1S/C22H20F3N3O4S/c1-12-19-16(21(29)28(13-6-7-13)14-8-9-33(30,31)11-14)10-18(26-20(19)32-27-12)15-4-2-3-5-17(15)22(23,24)25/h2-5,10,13-14H,6-9,11H2,1H3. The van der Waals surface area contributed by atoms with Gasteiger partial charge in [0.15, 0.2) is 9.84 Å². The first-order valence-electron chi connectivity index (χ1n) is 10.5. The fraction of sp³-hybridized carbons (Fsp3) is 0.409. The first-order chi connectivity index (χ1) is 15.5. The molecular weight excluding hydrogens is 459 g/mol. The van der Waals surface area contributed by atoms with Gasteiger partial charge in [0.25, 0.3) is 11.6 Å². The number of hydrogen-bond donors (Lipinski definition) is 0. The molecule has 2 aliphatic rings. The largest absolute Gasteiger partial charge is 0.417 e. The van der Waals surface area contributed by atoms with Crippen molar-refractivity contribution in [1.82, 2.24) is 15.0 Å². The minimum Gasteiger partial charge on any atom is -0.335 e. The molecule has 33 heavy (non-hydrogen) atoms. The Hall–Kier alpha value is -2.95. The molecule has 5 rings (SSSR count). The molecule has 11 heteroatoms. The molecule has 0 spiro atoms. The lowest BCUT2D eigenvalue weighted by Gasteiger charge is -2.28. The second-order valence-electron chi connectivity index (χ2n) is 8.55. The lowest BCUT2D eigenvalue weighted by atomic mass is 10.00. The molecule has 7 nitrogen and oxygen atoms in total. The second kappa shape index (κ2) is 7.54. The van der Waals surface area contributed by atoms with Crippen molar-refractivity contribution in [2.45, 2.75) is 44.4 Å². The summed E-state index contributed by atoms with van der Waals surface area (Å²) in [5.74, 6) is -0.546. The minimum absolute atomic E-state index is 0.0103. The summed E-state index contributed by atoms with van der Waals surface area (Å²) >= 11 is 0. The van der Waals surface area contributed by atoms with Crippen LogP contribution in [0.15, 0.2) is 34.9 Å². The molecule has 1 atom stereocenters. The number of sulfone groups is 1. The van der Waals surface area contributed by atoms with Crippen LogP contribution >= 0.6 is 0 Å². The smallest absolute Gasteiger partial charge is 0.335 e. The van der Waals surface area contributed by atoms with Crippen LogP contribution in [0.1, 0.15) is 40.9 Å². The summed E-state index contributed by atoms with van der Waals surface area (Å²) in [6.07, 6.45) is -2.77. The highest BCUT2D eigenvalue weighted by molar-refractivity contribution is 7.91. The number of rotatable bonds is 4. The highest BCUT2D eigenvalue weighted by Gasteiger charge is 2.43. The lowest BCUT2D eigenvalue weighted by molar-refractivity contribution is -0.137. The number of fused-ring (bicyclic) bond motifs is 1. The molecule has 0 N–H and O–H groups in total. The van der Waals surface area contributed by atoms with Crippen molar-refractivity contribution in [3.05, 3.63) is 47.2 Å². The maximum absolute atomic E-state index is 13.8. The van der Waals surface area contributed by atoms with E-state index in [0.717, 1.165) is 18.9 Å². The van der Waals surface area contributed by atoms with Crippen LogP contribution in [-0.2, 0) is 16.0 Å². The fourth-order valence-electron chi connectivity index (χ4n) is 4.47. The van der Waals surface area contributed by atoms with Gasteiger partial charge in [-0.05, 0) is 38.3 Å². The average Bonchev–Trinajstić information content (AvgIpc) is 3.43. The normalized spacial score (nSPS) is 20.3. The number of amides is 1. The van der Waals surface area contributed by atoms with Gasteiger partial charge in [-0.2, -0.15) is 13.2 Å². The van der Waals surface area contributed by atoms with Gasteiger partial charge >= 0.3 is 6.18 Å². The molecule has 1 saturated carbocycles. The predicted octanol–water partition coefficient (Wildman–Crippen LogP) is 4.01. The molecule has 174 valence electrons. The van der Waals surface area contributed by atoms with E-state index in [1.807, 2.05) is 0 Å². The van der Waals surface area contributed by atoms with E-state index in [-0.39, 0.29) is 40.1 Å². The summed E-state index contributed by atoms with van der Waals surface area (Å²) in [6, 6.07) is 5.76. The van der Waals surface area contributed by atoms with Gasteiger partial charge in [-0.15, -0.1) is 0 Å². The number of alkyl halides is 3. The monoisotopic (exact) mass is 479 g/mol. The third-order valence-corrected chi connectivity index (χ3v) is 7.88. The van der Waals surface area contributed by atoms with Crippen molar-refractivity contribution in [2.75, 3.05) is 11.5 Å². The van der Waals surface area contributed by atoms with Gasteiger partial charge in [0.2, 0.25) is 0 Å². The van der Waals surface area contributed by atoms with Gasteiger partial charge in [0.05, 0.1) is 39.4 Å². The number of pyridine rings is 1. The third-order valence-electron chi connectivity index (χ3n) is 6.13. The van der Waals surface area contributed by atoms with Gasteiger partial charge in [0.1, 0.15) is 0 Å². The highest BCUT2D eigenvalue weighted by Crippen LogP contribution is 2.39. The van der Waals surface area contributed by atoms with Gasteiger partial charge in [-0.3, -0.25) is 4.79 Å². The Bertz CT molecular complexity index is 1360. The number of carbonyl (C=O) groups is 1. The van der Waals surface area contributed by atoms with E-state index in [2.05, 4.69) is 10.1 Å². The first-order valence-corrected chi connectivity index (χ1v) is 12.3. The number of aryl methyl sites for hydroxylation is 1. The molecule has 1 aromatic carbocycles. The van der Waals surface area contributed by atoms with E-state index in [0.29, 0.717) is 17.5 Å². The number of carbonyl (C=O) groups excluding carboxylic acids is 1. The van der Waals surface area contributed by atoms with Crippen molar-refractivity contribution < 1.29 is 30.9 Å². The summed E-state index contributed by atoms with van der Waals surface area (Å²) in [4.78, 5) is 19.6. The maximum atomic E-state index is 13.8. The molecule has 1 saturated heterocycles. The molecule has 2 aromatic heterocycles. The lowest BCUT2D eigenvalue weighted by Crippen LogP contribution is -2.42. The summed E-state index contributed by atoms with van der Waals surface area (Å²) < 4.78 is 70.3. The Kier molecular flexibility index (Phi) is 5.00. The highest BCUT2D eigenvalue weighted by atomic mass is 32.2. The first kappa shape index (κ1) is 21.9. The Morgan fingerprint density at radius 3 is 2.52 bits per heavy atom. The van der Waals surface area contributed by atoms with E-state index < -0.39 is 33.5 Å². The van der Waals surface area contributed by atoms with Crippen LogP contribution in [0.2, 0.25) is 0 Å². The SMILES string of the molecule is Cc1noc2nc(-c3ccccc3C(F)(F)F)cc(C(=O)N(C3CC3)C3CCS(=O)(=O)C3)c12. The molecule has 1 amide bonds. The van der Waals surface area contributed by atoms with E-state index in [1.165, 1.54) is 24.3 Å². The quantitative estimate of drug-likeness (QED) is 0.561. The molecule has 3 heterocycles. The summed E-state index contributed by atoms with van der Waals surface area (Å²) in [5.41, 5.74) is -0.679. The van der Waals surface area contributed by atoms with Crippen LogP contribution in [0.5, 0.6) is 0 Å². The van der Waals surface area contributed by atoms with Crippen molar-refractivity contribution in [3.63, 3.8) is 0 Å². The molecule has 1 unspecified atom stereocenters. The fourth-order valence-corrected chi connectivity index (χ4v) is 6.18. The number of halogens is 3. The van der Waals surface area contributed by atoms with Gasteiger partial charge in [0, 0.05) is 17.6 Å². The molecule has 0 radical (unpaired) electrons. The van der Waals surface area contributed by atoms with Gasteiger partial charge in [-0.25, -0.2) is 13.4 Å². The molecular formula is C22H20F3N3O4S. The van der Waals surface area contributed by atoms with Crippen molar-refractivity contribution in [3.8, 4) is 11.3 Å². The predicted molar refractivity (Wildman–Crippen MR) is 113 cm³/mol. The molecule has 1 aliphatic carbocycles. The molecule has 3 aromatic rings. The van der Waals surface area contributed by atoms with Crippen molar-refractivity contribution >= 4 is 26.8 Å². The van der Waals surface area contributed by atoms with Crippen LogP contribution in [0.25, 0.3) is 22.4 Å². The van der Waals surface area contributed by atoms with Crippen LogP contribution in [0.3, 0.4) is 0 Å². The minimum atomic E-state index is -4.62. The molecule has 2 fully saturated rings. The van der Waals surface area contributed by atoms with Crippen molar-refractivity contribution in [2.24, 2.45) is 0 Å². The second-order valence-corrected chi connectivity index (χ2v) is 10.8. The number of aromatic nitrogens is 2. The van der Waals surface area contributed by atoms with Gasteiger partial charge in [-0.1, -0.05) is 23.4 Å². The summed E-state index contributed by atoms with van der Waals surface area (Å²) in [7, 11) is -3.24. The van der Waals surface area contributed by atoms with E-state index in [4.69, 9.17) is 4.52 Å². The Balaban J connectivity index is 1.66. The molecule has 0 bridgehead atoms. The number of hydrogen-bond acceptors (Lipinski definition) is 6. The number of benzene rings is 1. The van der Waals surface area contributed by atoms with Crippen LogP contribution in [-0.4, -0.2) is 53.0 Å². The Labute approximate surface area is 187 Å². The Morgan fingerprint density at radius 1 is 1.15 bits per heavy atom. The summed E-state index contributed by atoms with van der Waals surface area (Å²) in [5, 5.41) is 4.18. The summed E-state index contributed by atoms with van der Waals surface area (Å²) in [6.45, 7) is 1.62. The molecule has 1 aliphatic heterocycles. The topological polar surface area (TPSA) is 93.4 Å². The van der Waals surface area contributed by atoms with E-state index >= 15 is 0 Å². The van der Waals surface area contributed by atoms with Crippen LogP contribution in [0, 0.1) is 6.92 Å². The van der Waals surface area contributed by atoms with Crippen LogP contribution in [0.4, 0.5) is 13.2 Å². The zero-order valence-corrected chi connectivity index (χ0v) is 18.4. The Morgan fingerprint density at radius 2 is 1.88 bits per heavy atom. The maximum Gasteiger partial charge on any atom is 0.417 e. The number of nitrogens with zero attached hydrogens (tertiary/aromatic N) is 3. The van der Waals surface area contributed by atoms with E-state index in [1.54, 1.807) is 11.8 Å². The average molecular weight is 479 g/mol. The van der Waals surface area contributed by atoms with E-state index in [9.17, 15) is 26.4 Å².